The van der Waals surface area contributed by atoms with Crippen molar-refractivity contribution in [1.82, 2.24) is 5.48 Å². The molecule has 5 nitrogen and oxygen atoms in total. The molecule has 1 saturated heterocycles. The normalized spacial score (nSPS) is 20.1. The first-order valence-corrected chi connectivity index (χ1v) is 15.1. The lowest BCUT2D eigenvalue weighted by Crippen LogP contribution is -2.67. The molecule has 0 amide bonds. The quantitative estimate of drug-likeness (QED) is 0.221. The summed E-state index contributed by atoms with van der Waals surface area (Å²) < 4.78 is 13.0. The molecule has 37 heavy (non-hydrogen) atoms. The zero-order valence-electron chi connectivity index (χ0n) is 22.4. The highest BCUT2D eigenvalue weighted by atomic mass is 28.4. The minimum absolute atomic E-state index is 0.159. The Bertz CT molecular complexity index is 1080. The van der Waals surface area contributed by atoms with Crippen molar-refractivity contribution in [2.75, 3.05) is 6.61 Å². The van der Waals surface area contributed by atoms with E-state index in [-0.39, 0.29) is 23.0 Å². The number of nitrogens with one attached hydrogen (secondary N) is 1. The second-order valence-electron chi connectivity index (χ2n) is 10.8. The van der Waals surface area contributed by atoms with Crippen molar-refractivity contribution in [2.45, 2.75) is 64.3 Å². The van der Waals surface area contributed by atoms with Crippen LogP contribution < -0.4 is 15.9 Å². The van der Waals surface area contributed by atoms with Gasteiger partial charge in [-0.1, -0.05) is 125 Å². The van der Waals surface area contributed by atoms with Gasteiger partial charge in [-0.3, -0.25) is 9.63 Å². The topological polar surface area (TPSA) is 56.8 Å². The highest BCUT2D eigenvalue weighted by Crippen LogP contribution is 2.37. The molecular weight excluding hydrogens is 478 g/mol. The number of benzene rings is 3. The lowest BCUT2D eigenvalue weighted by atomic mass is 9.95. The lowest BCUT2D eigenvalue weighted by Gasteiger charge is -2.43. The average Bonchev–Trinajstić information content (AvgIpc) is 3.20. The fourth-order valence-electron chi connectivity index (χ4n) is 5.38. The molecule has 4 rings (SSSR count). The first-order chi connectivity index (χ1) is 17.9. The maximum atomic E-state index is 12.9. The first kappa shape index (κ1) is 27.3. The van der Waals surface area contributed by atoms with Gasteiger partial charge in [-0.15, -0.1) is 0 Å². The number of esters is 1. The van der Waals surface area contributed by atoms with Crippen LogP contribution >= 0.6 is 0 Å². The molecule has 1 aliphatic heterocycles. The molecule has 3 aromatic carbocycles. The number of ether oxygens (including phenoxy) is 1. The maximum Gasteiger partial charge on any atom is 0.311 e. The Morgan fingerprint density at radius 1 is 0.865 bits per heavy atom. The fourth-order valence-corrected chi connectivity index (χ4v) is 9.95. The minimum atomic E-state index is -2.75. The highest BCUT2D eigenvalue weighted by molar-refractivity contribution is 6.99. The Kier molecular flexibility index (Phi) is 8.98. The van der Waals surface area contributed by atoms with Crippen molar-refractivity contribution >= 4 is 24.7 Å². The smallest absolute Gasteiger partial charge is 0.311 e. The van der Waals surface area contributed by atoms with Gasteiger partial charge < -0.3 is 9.16 Å². The molecule has 0 unspecified atom stereocenters. The summed E-state index contributed by atoms with van der Waals surface area (Å²) in [4.78, 5) is 18.8. The summed E-state index contributed by atoms with van der Waals surface area (Å²) in [5.41, 5.74) is 4.25. The summed E-state index contributed by atoms with van der Waals surface area (Å²) in [6.07, 6.45) is 1.18. The number of hydrogen-bond donors (Lipinski definition) is 1. The molecule has 0 radical (unpaired) electrons. The maximum absolute atomic E-state index is 12.9. The Balaban J connectivity index is 1.60. The zero-order chi connectivity index (χ0) is 26.3. The van der Waals surface area contributed by atoms with Gasteiger partial charge in [0.05, 0.1) is 25.2 Å². The summed E-state index contributed by atoms with van der Waals surface area (Å²) in [5, 5.41) is 2.24. The number of carbonyl (C=O) groups excluding carboxylic acids is 1. The van der Waals surface area contributed by atoms with E-state index in [0.717, 1.165) is 18.4 Å². The molecule has 1 aliphatic rings. The molecule has 0 bridgehead atoms. The van der Waals surface area contributed by atoms with E-state index in [2.05, 4.69) is 81.7 Å². The van der Waals surface area contributed by atoms with E-state index in [9.17, 15) is 4.79 Å². The Morgan fingerprint density at radius 3 is 1.92 bits per heavy atom. The van der Waals surface area contributed by atoms with Crippen LogP contribution in [0.3, 0.4) is 0 Å². The van der Waals surface area contributed by atoms with Crippen molar-refractivity contribution in [2.24, 2.45) is 5.92 Å². The second kappa shape index (κ2) is 12.2. The minimum Gasteiger partial charge on any atom is -0.458 e. The van der Waals surface area contributed by atoms with Crippen LogP contribution in [-0.4, -0.2) is 33.0 Å². The molecule has 0 aromatic heterocycles. The molecule has 196 valence electrons. The molecule has 0 saturated carbocycles. The van der Waals surface area contributed by atoms with E-state index in [4.69, 9.17) is 14.0 Å². The van der Waals surface area contributed by atoms with Crippen molar-refractivity contribution in [1.29, 1.82) is 0 Å². The predicted octanol–water partition coefficient (Wildman–Crippen LogP) is 4.99. The molecular formula is C31H39NO4Si. The Morgan fingerprint density at radius 2 is 1.41 bits per heavy atom. The number of cyclic esters (lactones) is 1. The molecule has 1 N–H and O–H groups in total. The van der Waals surface area contributed by atoms with Gasteiger partial charge in [-0.25, -0.2) is 0 Å². The van der Waals surface area contributed by atoms with Crippen molar-refractivity contribution in [3.05, 3.63) is 96.6 Å². The van der Waals surface area contributed by atoms with Crippen molar-refractivity contribution in [3.8, 4) is 0 Å². The first-order valence-electron chi connectivity index (χ1n) is 13.2. The van der Waals surface area contributed by atoms with Gasteiger partial charge in [-0.05, 0) is 27.4 Å². The van der Waals surface area contributed by atoms with Gasteiger partial charge in [0.15, 0.2) is 0 Å². The Hall–Kier alpha value is -2.77. The van der Waals surface area contributed by atoms with Crippen LogP contribution in [0.25, 0.3) is 0 Å². The number of carbonyl (C=O) groups is 1. The monoisotopic (exact) mass is 517 g/mol. The van der Waals surface area contributed by atoms with E-state index in [1.165, 1.54) is 10.4 Å². The van der Waals surface area contributed by atoms with Crippen molar-refractivity contribution < 1.29 is 18.8 Å². The zero-order valence-corrected chi connectivity index (χ0v) is 23.4. The van der Waals surface area contributed by atoms with Crippen LogP contribution in [0.5, 0.6) is 0 Å². The van der Waals surface area contributed by atoms with E-state index in [1.54, 1.807) is 0 Å². The van der Waals surface area contributed by atoms with Crippen LogP contribution in [0.2, 0.25) is 5.04 Å². The summed E-state index contributed by atoms with van der Waals surface area (Å²) in [7, 11) is -2.75. The fraction of sp³-hybridized carbons (Fsp3) is 0.387. The molecule has 0 aliphatic carbocycles. The third-order valence-electron chi connectivity index (χ3n) is 7.19. The lowest BCUT2D eigenvalue weighted by molar-refractivity contribution is -0.145. The number of rotatable bonds is 11. The van der Waals surface area contributed by atoms with Crippen LogP contribution in [-0.2, 0) is 25.4 Å². The van der Waals surface area contributed by atoms with E-state index in [0.29, 0.717) is 13.2 Å². The number of hydrogen-bond acceptors (Lipinski definition) is 5. The van der Waals surface area contributed by atoms with Gasteiger partial charge in [0.2, 0.25) is 0 Å². The molecule has 3 atom stereocenters. The van der Waals surface area contributed by atoms with Crippen LogP contribution in [0.15, 0.2) is 91.0 Å². The molecule has 3 aromatic rings. The summed E-state index contributed by atoms with van der Waals surface area (Å²) in [6, 6.07) is 30.8. The van der Waals surface area contributed by atoms with Crippen molar-refractivity contribution in [3.63, 3.8) is 0 Å². The average molecular weight is 518 g/mol. The van der Waals surface area contributed by atoms with Gasteiger partial charge >= 0.3 is 5.97 Å². The van der Waals surface area contributed by atoms with E-state index in [1.807, 2.05) is 42.5 Å². The summed E-state index contributed by atoms with van der Waals surface area (Å²) in [5.74, 6) is -0.452. The third-order valence-corrected chi connectivity index (χ3v) is 12.2. The third kappa shape index (κ3) is 6.04. The van der Waals surface area contributed by atoms with Gasteiger partial charge in [-0.2, -0.15) is 5.48 Å². The SMILES string of the molecule is CCC[C@H]1C(=O)O[C@H](CO[Si](c2ccccc2)(c2ccccc2)C(C)(C)C)[C@H]1NOCc1ccccc1. The van der Waals surface area contributed by atoms with Crippen LogP contribution in [0.1, 0.15) is 46.1 Å². The van der Waals surface area contributed by atoms with E-state index < -0.39 is 14.4 Å². The molecule has 6 heteroatoms. The summed E-state index contributed by atoms with van der Waals surface area (Å²) in [6.45, 7) is 9.54. The predicted molar refractivity (Wildman–Crippen MR) is 150 cm³/mol. The van der Waals surface area contributed by atoms with Gasteiger partial charge in [0, 0.05) is 0 Å². The molecule has 0 spiro atoms. The highest BCUT2D eigenvalue weighted by Gasteiger charge is 2.52. The molecule has 1 fully saturated rings. The van der Waals surface area contributed by atoms with Gasteiger partial charge in [0.25, 0.3) is 8.32 Å². The Labute approximate surface area is 222 Å². The second-order valence-corrected chi connectivity index (χ2v) is 15.1. The van der Waals surface area contributed by atoms with Crippen LogP contribution in [0.4, 0.5) is 0 Å². The summed E-state index contributed by atoms with van der Waals surface area (Å²) >= 11 is 0. The standard InChI is InChI=1S/C31H39NO4Si/c1-5-15-27-29(32-34-22-24-16-9-6-10-17-24)28(36-30(27)33)23-35-37(31(2,3)4,25-18-11-7-12-19-25)26-20-13-8-14-21-26/h6-14,16-21,27-29,32H,5,15,22-23H2,1-4H3/t27-,28-,29+/m1/s1. The van der Waals surface area contributed by atoms with E-state index >= 15 is 0 Å². The van der Waals surface area contributed by atoms with Gasteiger partial charge in [0.1, 0.15) is 6.10 Å². The molecule has 1 heterocycles. The number of hydroxylamine groups is 1. The van der Waals surface area contributed by atoms with Crippen LogP contribution in [0, 0.1) is 5.92 Å². The largest absolute Gasteiger partial charge is 0.458 e.